The van der Waals surface area contributed by atoms with E-state index in [1.54, 1.807) is 0 Å². The van der Waals surface area contributed by atoms with Crippen molar-refractivity contribution >= 4 is 33.5 Å². The molecule has 0 aromatic carbocycles. The van der Waals surface area contributed by atoms with E-state index in [0.717, 1.165) is 25.7 Å². The van der Waals surface area contributed by atoms with Crippen LogP contribution >= 0.6 is 21.6 Å². The Balaban J connectivity index is -0.00000612. The Morgan fingerprint density at radius 2 is 0.526 bits per heavy atom. The number of carbonyl (C=O) groups is 2. The Bertz CT molecular complexity index is 443. The number of carboxylic acid groups (broad SMARTS) is 2. The van der Waals surface area contributed by atoms with E-state index in [-0.39, 0.29) is 116 Å². The first-order valence-corrected chi connectivity index (χ1v) is 17.8. The van der Waals surface area contributed by atoms with Gasteiger partial charge in [0.2, 0.25) is 0 Å². The van der Waals surface area contributed by atoms with Gasteiger partial charge in [0, 0.05) is 23.4 Å². The van der Waals surface area contributed by atoms with Crippen LogP contribution in [-0.4, -0.2) is 23.4 Å². The van der Waals surface area contributed by atoms with Gasteiger partial charge in [-0.2, -0.15) is 0 Å². The minimum absolute atomic E-state index is 0. The van der Waals surface area contributed by atoms with Crippen LogP contribution in [-0.2, 0) is 9.59 Å². The van der Waals surface area contributed by atoms with Crippen LogP contribution < -0.4 is 113 Å². The van der Waals surface area contributed by atoms with Gasteiger partial charge in [-0.1, -0.05) is 150 Å². The fourth-order valence-electron chi connectivity index (χ4n) is 4.51. The second-order valence-electron chi connectivity index (χ2n) is 10.4. The average Bonchev–Trinajstić information content (AvgIpc) is 2.85. The summed E-state index contributed by atoms with van der Waals surface area (Å²) in [5, 5.41) is 20.7. The number of unbranched alkanes of at least 4 members (excludes halogenated alkanes) is 22. The molecule has 0 saturated heterocycles. The molecule has 0 heterocycles. The first kappa shape index (κ1) is 45.3. The third-order valence-corrected chi connectivity index (χ3v) is 9.38. The van der Waals surface area contributed by atoms with E-state index in [0.29, 0.717) is 0 Å². The monoisotopic (exact) mass is 622 g/mol. The van der Waals surface area contributed by atoms with E-state index < -0.39 is 11.9 Å². The molecule has 0 aromatic rings. The van der Waals surface area contributed by atoms with Crippen molar-refractivity contribution in [2.45, 2.75) is 167 Å². The molecular formula is C30H56K2O4S2. The van der Waals surface area contributed by atoms with E-state index >= 15 is 0 Å². The minimum atomic E-state index is -0.910. The van der Waals surface area contributed by atoms with E-state index in [4.69, 9.17) is 0 Å². The minimum Gasteiger partial charge on any atom is -0.550 e. The number of carboxylic acids is 2. The van der Waals surface area contributed by atoms with Gasteiger partial charge < -0.3 is 19.8 Å². The summed E-state index contributed by atoms with van der Waals surface area (Å²) in [5.74, 6) is 0.790. The third kappa shape index (κ3) is 43.4. The first-order valence-electron chi connectivity index (χ1n) is 15.3. The fourth-order valence-corrected chi connectivity index (χ4v) is 6.81. The standard InChI is InChI=1S/C30H58O4S2.2K/c31-29(32)25-21-17-13-9-5-1-3-7-11-15-19-23-27-35-36-28-24-20-16-12-8-4-2-6-10-14-18-22-26-30(33)34;;/h1-28H2,(H,31,32)(H,33,34);;/q;2*+1/p-2. The zero-order valence-electron chi connectivity index (χ0n) is 25.2. The van der Waals surface area contributed by atoms with Gasteiger partial charge >= 0.3 is 103 Å². The Hall–Kier alpha value is 2.91. The summed E-state index contributed by atoms with van der Waals surface area (Å²) in [7, 11) is 4.14. The Morgan fingerprint density at radius 3 is 0.737 bits per heavy atom. The molecule has 0 aromatic heterocycles. The van der Waals surface area contributed by atoms with Gasteiger partial charge in [0.15, 0.2) is 0 Å². The van der Waals surface area contributed by atoms with Crippen molar-refractivity contribution in [3.05, 3.63) is 0 Å². The maximum atomic E-state index is 10.3. The van der Waals surface area contributed by atoms with Crippen LogP contribution in [0, 0.1) is 0 Å². The number of hydrogen-bond acceptors (Lipinski definition) is 6. The van der Waals surface area contributed by atoms with Crippen molar-refractivity contribution in [1.29, 1.82) is 0 Å². The summed E-state index contributed by atoms with van der Waals surface area (Å²) in [6.45, 7) is 0. The van der Waals surface area contributed by atoms with Gasteiger partial charge in [-0.05, 0) is 38.5 Å². The van der Waals surface area contributed by atoms with Crippen LogP contribution in [0.1, 0.15) is 167 Å². The predicted molar refractivity (Wildman–Crippen MR) is 155 cm³/mol. The molecule has 0 spiro atoms. The Morgan fingerprint density at radius 1 is 0.342 bits per heavy atom. The molecule has 0 saturated carbocycles. The van der Waals surface area contributed by atoms with Crippen molar-refractivity contribution in [1.82, 2.24) is 0 Å². The smallest absolute Gasteiger partial charge is 0.550 e. The summed E-state index contributed by atoms with van der Waals surface area (Å²) in [6.07, 6.45) is 30.7. The molecule has 38 heavy (non-hydrogen) atoms. The summed E-state index contributed by atoms with van der Waals surface area (Å²) in [5.41, 5.74) is 0. The fraction of sp³-hybridized carbons (Fsp3) is 0.933. The molecule has 0 unspecified atom stereocenters. The number of aliphatic carboxylic acids is 2. The largest absolute Gasteiger partial charge is 1.00 e. The molecule has 0 amide bonds. The van der Waals surface area contributed by atoms with Crippen LogP contribution in [0.25, 0.3) is 0 Å². The quantitative estimate of drug-likeness (QED) is 0.0669. The van der Waals surface area contributed by atoms with Crippen LogP contribution in [0.2, 0.25) is 0 Å². The van der Waals surface area contributed by atoms with E-state index in [9.17, 15) is 19.8 Å². The van der Waals surface area contributed by atoms with Crippen LogP contribution in [0.5, 0.6) is 0 Å². The molecule has 8 heteroatoms. The zero-order valence-corrected chi connectivity index (χ0v) is 33.1. The third-order valence-electron chi connectivity index (χ3n) is 6.80. The Kier molecular flexibility index (Phi) is 47.6. The second-order valence-corrected chi connectivity index (χ2v) is 13.1. The van der Waals surface area contributed by atoms with Gasteiger partial charge in [-0.3, -0.25) is 0 Å². The first-order chi connectivity index (χ1) is 17.6. The summed E-state index contributed by atoms with van der Waals surface area (Å²) < 4.78 is 0. The zero-order chi connectivity index (χ0) is 26.4. The maximum Gasteiger partial charge on any atom is 1.00 e. The number of rotatable bonds is 31. The normalized spacial score (nSPS) is 10.6. The molecule has 0 aliphatic rings. The summed E-state index contributed by atoms with van der Waals surface area (Å²) in [4.78, 5) is 20.7. The molecular weight excluding hydrogens is 567 g/mol. The summed E-state index contributed by atoms with van der Waals surface area (Å²) >= 11 is 0. The van der Waals surface area contributed by atoms with Crippen LogP contribution in [0.3, 0.4) is 0 Å². The van der Waals surface area contributed by atoms with Crippen LogP contribution in [0.4, 0.5) is 0 Å². The molecule has 0 N–H and O–H groups in total. The Labute approximate surface area is 329 Å². The SMILES string of the molecule is O=C([O-])CCCCCCCCCCCCCCSSCCCCCCCCCCCCCCC(=O)[O-].[K+].[K+]. The van der Waals surface area contributed by atoms with E-state index in [2.05, 4.69) is 21.6 Å². The molecule has 0 bridgehead atoms. The molecule has 0 aliphatic heterocycles. The molecule has 214 valence electrons. The van der Waals surface area contributed by atoms with E-state index in [1.165, 1.54) is 140 Å². The van der Waals surface area contributed by atoms with Crippen LogP contribution in [0.15, 0.2) is 0 Å². The number of hydrogen-bond donors (Lipinski definition) is 0. The summed E-state index contributed by atoms with van der Waals surface area (Å²) in [6, 6.07) is 0. The number of carbonyl (C=O) groups excluding carboxylic acids is 2. The predicted octanol–water partition coefficient (Wildman–Crippen LogP) is 2.02. The van der Waals surface area contributed by atoms with Crippen molar-refractivity contribution < 1.29 is 123 Å². The van der Waals surface area contributed by atoms with Crippen molar-refractivity contribution in [3.8, 4) is 0 Å². The van der Waals surface area contributed by atoms with Crippen molar-refractivity contribution in [2.24, 2.45) is 0 Å². The second kappa shape index (κ2) is 39.9. The van der Waals surface area contributed by atoms with Gasteiger partial charge in [-0.15, -0.1) is 0 Å². The molecule has 0 atom stereocenters. The van der Waals surface area contributed by atoms with Gasteiger partial charge in [0.25, 0.3) is 0 Å². The maximum absolute atomic E-state index is 10.3. The van der Waals surface area contributed by atoms with Gasteiger partial charge in [0.1, 0.15) is 0 Å². The molecule has 0 aliphatic carbocycles. The molecule has 0 rings (SSSR count). The molecule has 0 fully saturated rings. The van der Waals surface area contributed by atoms with Crippen molar-refractivity contribution in [3.63, 3.8) is 0 Å². The van der Waals surface area contributed by atoms with Crippen molar-refractivity contribution in [2.75, 3.05) is 11.5 Å². The van der Waals surface area contributed by atoms with Gasteiger partial charge in [-0.25, -0.2) is 0 Å². The van der Waals surface area contributed by atoms with Gasteiger partial charge in [0.05, 0.1) is 0 Å². The average molecular weight is 623 g/mol. The molecule has 0 radical (unpaired) electrons. The molecule has 4 nitrogen and oxygen atoms in total. The topological polar surface area (TPSA) is 80.3 Å². The van der Waals surface area contributed by atoms with E-state index in [1.807, 2.05) is 0 Å².